The van der Waals surface area contributed by atoms with Gasteiger partial charge in [0.15, 0.2) is 0 Å². The van der Waals surface area contributed by atoms with Gasteiger partial charge in [0.25, 0.3) is 6.02 Å². The van der Waals surface area contributed by atoms with E-state index in [1.54, 1.807) is 6.07 Å². The highest BCUT2D eigenvalue weighted by molar-refractivity contribution is 5.75. The van der Waals surface area contributed by atoms with E-state index in [2.05, 4.69) is 0 Å². The molecule has 170 valence electrons. The van der Waals surface area contributed by atoms with Crippen LogP contribution in [0.2, 0.25) is 0 Å². The number of nitrogens with two attached hydrogens (primary N) is 1. The van der Waals surface area contributed by atoms with Gasteiger partial charge in [-0.1, -0.05) is 6.07 Å². The second-order valence-corrected chi connectivity index (χ2v) is 9.60. The second-order valence-electron chi connectivity index (χ2n) is 9.60. The molecule has 7 heteroatoms. The van der Waals surface area contributed by atoms with Gasteiger partial charge < -0.3 is 19.9 Å². The van der Waals surface area contributed by atoms with E-state index >= 15 is 0 Å². The average Bonchev–Trinajstić information content (AvgIpc) is 3.18. The Kier molecular flexibility index (Phi) is 4.81. The maximum Gasteiger partial charge on any atom is 0.283 e. The van der Waals surface area contributed by atoms with E-state index in [-0.39, 0.29) is 29.7 Å². The summed E-state index contributed by atoms with van der Waals surface area (Å²) in [6, 6.07) is 12.4. The predicted octanol–water partition coefficient (Wildman–Crippen LogP) is 4.40. The number of amidine groups is 1. The Hall–Kier alpha value is -3.11. The highest BCUT2D eigenvalue weighted by Crippen LogP contribution is 2.53. The summed E-state index contributed by atoms with van der Waals surface area (Å²) in [5.74, 6) is 0.391. The molecule has 1 spiro atoms. The number of halogens is 1. The lowest BCUT2D eigenvalue weighted by Gasteiger charge is -2.48. The Morgan fingerprint density at radius 3 is 2.70 bits per heavy atom. The zero-order valence-corrected chi connectivity index (χ0v) is 18.3. The monoisotopic (exact) mass is 447 g/mol. The Morgan fingerprint density at radius 2 is 1.97 bits per heavy atom. The van der Waals surface area contributed by atoms with Crippen molar-refractivity contribution in [2.75, 3.05) is 6.61 Å². The van der Waals surface area contributed by atoms with Crippen LogP contribution in [-0.4, -0.2) is 30.9 Å². The minimum Gasteiger partial charge on any atom is -0.490 e. The molecule has 33 heavy (non-hydrogen) atoms. The average molecular weight is 448 g/mol. The van der Waals surface area contributed by atoms with E-state index in [1.807, 2.05) is 24.3 Å². The fraction of sp³-hybridized carbons (Fsp3) is 0.462. The molecule has 2 aromatic rings. The first kappa shape index (κ1) is 20.5. The number of nitrogens with zero attached hydrogens (tertiary/aromatic N) is 2. The van der Waals surface area contributed by atoms with Gasteiger partial charge in [-0.25, -0.2) is 9.38 Å². The minimum absolute atomic E-state index is 0.0159. The van der Waals surface area contributed by atoms with Crippen molar-refractivity contribution in [3.8, 4) is 22.9 Å². The van der Waals surface area contributed by atoms with Crippen LogP contribution in [0.4, 0.5) is 4.39 Å². The highest BCUT2D eigenvalue weighted by atomic mass is 19.1. The molecular weight excluding hydrogens is 421 g/mol. The van der Waals surface area contributed by atoms with Crippen LogP contribution >= 0.6 is 0 Å². The molecule has 0 aromatic heterocycles. The molecule has 0 bridgehead atoms. The first-order valence-corrected chi connectivity index (χ1v) is 11.7. The van der Waals surface area contributed by atoms with E-state index in [9.17, 15) is 9.65 Å². The van der Waals surface area contributed by atoms with Crippen molar-refractivity contribution in [1.29, 1.82) is 5.26 Å². The van der Waals surface area contributed by atoms with E-state index in [0.29, 0.717) is 18.3 Å². The number of rotatable bonds is 3. The molecule has 2 aliphatic carbocycles. The van der Waals surface area contributed by atoms with Gasteiger partial charge in [-0.2, -0.15) is 5.26 Å². The summed E-state index contributed by atoms with van der Waals surface area (Å²) >= 11 is 0. The number of hydrogen-bond donors (Lipinski definition) is 1. The highest BCUT2D eigenvalue weighted by Gasteiger charge is 2.56. The summed E-state index contributed by atoms with van der Waals surface area (Å²) in [7, 11) is 0. The Bertz CT molecular complexity index is 1170. The number of ether oxygens (including phenoxy) is 3. The molecule has 2 fully saturated rings. The number of fused-ring (bicyclic) bond motifs is 4. The van der Waals surface area contributed by atoms with Gasteiger partial charge in [-0.15, -0.1) is 0 Å². The largest absolute Gasteiger partial charge is 0.490 e. The van der Waals surface area contributed by atoms with Crippen LogP contribution in [0.15, 0.2) is 41.4 Å². The number of aliphatic imine (C=N–C) groups is 1. The normalized spacial score (nSPS) is 30.3. The van der Waals surface area contributed by atoms with Gasteiger partial charge >= 0.3 is 0 Å². The lowest BCUT2D eigenvalue weighted by Crippen LogP contribution is -2.52. The Morgan fingerprint density at radius 1 is 1.09 bits per heavy atom. The molecule has 4 unspecified atom stereocenters. The van der Waals surface area contributed by atoms with Crippen molar-refractivity contribution in [2.24, 2.45) is 16.6 Å². The molecule has 6 nitrogen and oxygen atoms in total. The van der Waals surface area contributed by atoms with Crippen LogP contribution in [0.1, 0.15) is 49.7 Å². The third-order valence-corrected chi connectivity index (χ3v) is 7.62. The third kappa shape index (κ3) is 3.44. The molecule has 0 saturated heterocycles. The molecule has 2 aromatic carbocycles. The topological polar surface area (TPSA) is 89.9 Å². The van der Waals surface area contributed by atoms with E-state index in [0.717, 1.165) is 49.0 Å². The molecule has 4 aliphatic rings. The zero-order valence-electron chi connectivity index (χ0n) is 18.3. The van der Waals surface area contributed by atoms with Crippen LogP contribution in [0.5, 0.6) is 5.75 Å². The van der Waals surface area contributed by atoms with Crippen molar-refractivity contribution >= 4 is 6.02 Å². The first-order chi connectivity index (χ1) is 16.0. The van der Waals surface area contributed by atoms with E-state index < -0.39 is 11.4 Å². The van der Waals surface area contributed by atoms with Gasteiger partial charge in [-0.05, 0) is 80.0 Å². The SMILES string of the molecule is N#Cc1cc(F)cc(-c2ccc3c(c2)C2(COC(N)=N2)C2CC(OC4CCC4)CCC2O3)c1. The standard InChI is InChI=1S/C26H26FN3O3/c27-18-9-15(13-28)8-17(10-18)16-4-6-23-21(11-16)26(14-31-25(29)30-26)22-12-20(5-7-24(22)33-23)32-19-2-1-3-19/h4,6,8-11,19-20,22,24H,1-3,5,7,12,14H2,(H2,29,30). The second kappa shape index (κ2) is 7.74. The van der Waals surface area contributed by atoms with Crippen LogP contribution in [-0.2, 0) is 15.0 Å². The van der Waals surface area contributed by atoms with Gasteiger partial charge in [0.1, 0.15) is 29.8 Å². The lowest BCUT2D eigenvalue weighted by atomic mass is 9.67. The number of hydrogen-bond acceptors (Lipinski definition) is 6. The lowest BCUT2D eigenvalue weighted by molar-refractivity contribution is -0.106. The van der Waals surface area contributed by atoms with Crippen LogP contribution in [0, 0.1) is 23.1 Å². The van der Waals surface area contributed by atoms with Gasteiger partial charge in [-0.3, -0.25) is 0 Å². The van der Waals surface area contributed by atoms with Gasteiger partial charge in [0.05, 0.1) is 23.8 Å². The molecule has 6 rings (SSSR count). The fourth-order valence-corrected chi connectivity index (χ4v) is 5.76. The van der Waals surface area contributed by atoms with Crippen molar-refractivity contribution in [2.45, 2.75) is 62.4 Å². The van der Waals surface area contributed by atoms with Gasteiger partial charge in [0.2, 0.25) is 0 Å². The van der Waals surface area contributed by atoms with Crippen molar-refractivity contribution in [1.82, 2.24) is 0 Å². The number of nitriles is 1. The maximum absolute atomic E-state index is 14.1. The Labute approximate surface area is 192 Å². The molecule has 0 amide bonds. The van der Waals surface area contributed by atoms with Gasteiger partial charge in [0, 0.05) is 11.5 Å². The molecule has 2 N–H and O–H groups in total. The summed E-state index contributed by atoms with van der Waals surface area (Å²) < 4.78 is 32.7. The van der Waals surface area contributed by atoms with Crippen LogP contribution in [0.3, 0.4) is 0 Å². The van der Waals surface area contributed by atoms with E-state index in [4.69, 9.17) is 24.9 Å². The summed E-state index contributed by atoms with van der Waals surface area (Å²) in [4.78, 5) is 4.85. The summed E-state index contributed by atoms with van der Waals surface area (Å²) in [5.41, 5.74) is 7.99. The maximum atomic E-state index is 14.1. The first-order valence-electron chi connectivity index (χ1n) is 11.7. The van der Waals surface area contributed by atoms with E-state index in [1.165, 1.54) is 18.6 Å². The Balaban J connectivity index is 1.41. The molecule has 2 saturated carbocycles. The van der Waals surface area contributed by atoms with Crippen molar-refractivity contribution in [3.63, 3.8) is 0 Å². The third-order valence-electron chi connectivity index (χ3n) is 7.62. The zero-order chi connectivity index (χ0) is 22.6. The molecule has 4 atom stereocenters. The van der Waals surface area contributed by atoms with Crippen molar-refractivity contribution in [3.05, 3.63) is 53.3 Å². The minimum atomic E-state index is -0.661. The smallest absolute Gasteiger partial charge is 0.283 e. The van der Waals surface area contributed by atoms with Crippen LogP contribution < -0.4 is 10.5 Å². The molecule has 0 radical (unpaired) electrons. The predicted molar refractivity (Wildman–Crippen MR) is 120 cm³/mol. The molecule has 2 heterocycles. The fourth-order valence-electron chi connectivity index (χ4n) is 5.76. The summed E-state index contributed by atoms with van der Waals surface area (Å²) in [6.45, 7) is 0.350. The molecule has 2 aliphatic heterocycles. The quantitative estimate of drug-likeness (QED) is 0.753. The molecular formula is C26H26FN3O3. The summed E-state index contributed by atoms with van der Waals surface area (Å²) in [6.07, 6.45) is 6.81. The van der Waals surface area contributed by atoms with Crippen molar-refractivity contribution < 1.29 is 18.6 Å². The van der Waals surface area contributed by atoms with Crippen LogP contribution in [0.25, 0.3) is 11.1 Å². The summed E-state index contributed by atoms with van der Waals surface area (Å²) in [5, 5.41) is 9.26. The number of benzene rings is 2.